The molecule has 0 aliphatic carbocycles. The number of fused-ring (bicyclic) bond motifs is 3. The van der Waals surface area contributed by atoms with Gasteiger partial charge in [-0.3, -0.25) is 0 Å². The fourth-order valence-electron chi connectivity index (χ4n) is 3.70. The van der Waals surface area contributed by atoms with Crippen LogP contribution in [0.2, 0.25) is 0 Å². The number of ether oxygens (including phenoxy) is 6. The molecule has 9 nitrogen and oxygen atoms in total. The van der Waals surface area contributed by atoms with Gasteiger partial charge < -0.3 is 33.3 Å². The third-order valence-electron chi connectivity index (χ3n) is 4.64. The van der Waals surface area contributed by atoms with Crippen LogP contribution in [0.1, 0.15) is 34.1 Å². The summed E-state index contributed by atoms with van der Waals surface area (Å²) in [6.45, 7) is 7.32. The van der Waals surface area contributed by atoms with Crippen LogP contribution < -0.4 is 0 Å². The maximum atomic E-state index is 11.7. The standard InChI is InChI=1S/C16H23NO8/c1-15(2)21-10-9(7-6-8(25-17-7)13(18)19-5)20-14-12(11(10)22-15)23-16(3,4)24-14/h8-12,14H,6H2,1-5H3/t8?,9-,10+,11+,12-,14-/m1/s1. The van der Waals surface area contributed by atoms with Crippen molar-refractivity contribution in [2.24, 2.45) is 5.16 Å². The Morgan fingerprint density at radius 1 is 1.04 bits per heavy atom. The van der Waals surface area contributed by atoms with E-state index >= 15 is 0 Å². The lowest BCUT2D eigenvalue weighted by molar-refractivity contribution is -0.218. The third-order valence-corrected chi connectivity index (χ3v) is 4.64. The summed E-state index contributed by atoms with van der Waals surface area (Å²) in [7, 11) is 1.31. The summed E-state index contributed by atoms with van der Waals surface area (Å²) in [4.78, 5) is 16.9. The van der Waals surface area contributed by atoms with Crippen LogP contribution in [0.15, 0.2) is 5.16 Å². The van der Waals surface area contributed by atoms with E-state index in [0.717, 1.165) is 0 Å². The molecule has 0 bridgehead atoms. The van der Waals surface area contributed by atoms with Gasteiger partial charge in [-0.2, -0.15) is 0 Å². The molecule has 25 heavy (non-hydrogen) atoms. The van der Waals surface area contributed by atoms with Crippen molar-refractivity contribution in [3.8, 4) is 0 Å². The fourth-order valence-corrected chi connectivity index (χ4v) is 3.70. The van der Waals surface area contributed by atoms with E-state index in [1.807, 2.05) is 27.7 Å². The van der Waals surface area contributed by atoms with Crippen molar-refractivity contribution in [3.05, 3.63) is 0 Å². The first-order valence-electron chi connectivity index (χ1n) is 8.36. The molecule has 0 aromatic heterocycles. The molecule has 0 N–H and O–H groups in total. The normalized spacial score (nSPS) is 43.8. The number of esters is 1. The maximum Gasteiger partial charge on any atom is 0.350 e. The molecule has 4 rings (SSSR count). The van der Waals surface area contributed by atoms with Crippen LogP contribution in [0.25, 0.3) is 0 Å². The highest BCUT2D eigenvalue weighted by Crippen LogP contribution is 2.45. The van der Waals surface area contributed by atoms with E-state index < -0.39 is 48.2 Å². The molecule has 4 heterocycles. The molecule has 0 radical (unpaired) electrons. The first-order valence-corrected chi connectivity index (χ1v) is 8.36. The Labute approximate surface area is 145 Å². The first-order chi connectivity index (χ1) is 11.7. The van der Waals surface area contributed by atoms with Crippen molar-refractivity contribution >= 4 is 11.7 Å². The average molecular weight is 357 g/mol. The molecular weight excluding hydrogens is 334 g/mol. The number of rotatable bonds is 2. The summed E-state index contributed by atoms with van der Waals surface area (Å²) >= 11 is 0. The molecule has 6 atom stereocenters. The predicted molar refractivity (Wildman–Crippen MR) is 81.5 cm³/mol. The summed E-state index contributed by atoms with van der Waals surface area (Å²) in [5, 5.41) is 4.03. The lowest BCUT2D eigenvalue weighted by atomic mass is 9.94. The summed E-state index contributed by atoms with van der Waals surface area (Å²) in [6, 6.07) is 0. The van der Waals surface area contributed by atoms with E-state index in [9.17, 15) is 4.79 Å². The largest absolute Gasteiger partial charge is 0.466 e. The Morgan fingerprint density at radius 3 is 2.40 bits per heavy atom. The summed E-state index contributed by atoms with van der Waals surface area (Å²) in [6.07, 6.45) is -2.89. The molecule has 3 saturated heterocycles. The molecule has 0 spiro atoms. The van der Waals surface area contributed by atoms with Crippen molar-refractivity contribution in [3.63, 3.8) is 0 Å². The SMILES string of the molecule is COC(=O)C1CC([C@H]2O[C@@H]3OC(C)(C)O[C@@H]3[C@H]3OC(C)(C)O[C@H]32)=NO1. The Bertz CT molecular complexity index is 603. The number of hydrogen-bond donors (Lipinski definition) is 0. The molecule has 0 amide bonds. The van der Waals surface area contributed by atoms with Crippen LogP contribution in [-0.2, 0) is 38.1 Å². The second-order valence-electron chi connectivity index (χ2n) is 7.49. The van der Waals surface area contributed by atoms with Crippen molar-refractivity contribution in [2.45, 2.75) is 82.5 Å². The van der Waals surface area contributed by atoms with Gasteiger partial charge in [0.05, 0.1) is 12.8 Å². The van der Waals surface area contributed by atoms with Gasteiger partial charge in [0.25, 0.3) is 0 Å². The van der Waals surface area contributed by atoms with Crippen LogP contribution in [0.3, 0.4) is 0 Å². The number of nitrogens with zero attached hydrogens (tertiary/aromatic N) is 1. The number of hydrogen-bond acceptors (Lipinski definition) is 9. The molecule has 1 unspecified atom stereocenters. The van der Waals surface area contributed by atoms with E-state index in [1.165, 1.54) is 7.11 Å². The summed E-state index contributed by atoms with van der Waals surface area (Å²) in [5.74, 6) is -2.05. The topological polar surface area (TPSA) is 94.0 Å². The number of oxime groups is 1. The molecule has 0 saturated carbocycles. The Hall–Kier alpha value is -1.26. The number of carbonyl (C=O) groups is 1. The quantitative estimate of drug-likeness (QED) is 0.667. The molecule has 9 heteroatoms. The third kappa shape index (κ3) is 2.93. The Morgan fingerprint density at radius 2 is 1.68 bits per heavy atom. The summed E-state index contributed by atoms with van der Waals surface area (Å²) in [5.41, 5.74) is 0.568. The van der Waals surface area contributed by atoms with Crippen LogP contribution in [0.5, 0.6) is 0 Å². The zero-order valence-electron chi connectivity index (χ0n) is 14.9. The van der Waals surface area contributed by atoms with Crippen LogP contribution in [0, 0.1) is 0 Å². The van der Waals surface area contributed by atoms with Crippen LogP contribution in [-0.4, -0.2) is 67.2 Å². The molecule has 0 aromatic carbocycles. The lowest BCUT2D eigenvalue weighted by Crippen LogP contribution is -2.57. The summed E-state index contributed by atoms with van der Waals surface area (Å²) < 4.78 is 34.7. The van der Waals surface area contributed by atoms with Gasteiger partial charge in [-0.05, 0) is 27.7 Å². The minimum atomic E-state index is -0.788. The number of methoxy groups -OCH3 is 1. The minimum absolute atomic E-state index is 0.270. The second-order valence-corrected chi connectivity index (χ2v) is 7.49. The average Bonchev–Trinajstić information content (AvgIpc) is 3.19. The van der Waals surface area contributed by atoms with E-state index in [4.69, 9.17) is 33.3 Å². The van der Waals surface area contributed by atoms with Gasteiger partial charge in [0.15, 0.2) is 17.9 Å². The van der Waals surface area contributed by atoms with Gasteiger partial charge in [0.2, 0.25) is 6.10 Å². The zero-order chi connectivity index (χ0) is 18.0. The monoisotopic (exact) mass is 357 g/mol. The highest BCUT2D eigenvalue weighted by molar-refractivity contribution is 5.94. The molecule has 0 aromatic rings. The van der Waals surface area contributed by atoms with Crippen molar-refractivity contribution in [1.29, 1.82) is 0 Å². The molecule has 4 aliphatic heterocycles. The Kier molecular flexibility index (Phi) is 3.86. The van der Waals surface area contributed by atoms with Gasteiger partial charge in [-0.15, -0.1) is 0 Å². The second kappa shape index (κ2) is 5.62. The number of carbonyl (C=O) groups excluding carboxylic acids is 1. The highest BCUT2D eigenvalue weighted by Gasteiger charge is 2.62. The lowest BCUT2D eigenvalue weighted by Gasteiger charge is -2.36. The van der Waals surface area contributed by atoms with Crippen molar-refractivity contribution < 1.29 is 38.1 Å². The molecular formula is C16H23NO8. The first kappa shape index (κ1) is 17.2. The Balaban J connectivity index is 1.58. The van der Waals surface area contributed by atoms with Crippen LogP contribution in [0.4, 0.5) is 0 Å². The highest BCUT2D eigenvalue weighted by atomic mass is 16.9. The molecule has 4 aliphatic rings. The van der Waals surface area contributed by atoms with E-state index in [0.29, 0.717) is 5.71 Å². The molecule has 3 fully saturated rings. The van der Waals surface area contributed by atoms with E-state index in [1.54, 1.807) is 0 Å². The fraction of sp³-hybridized carbons (Fsp3) is 0.875. The smallest absolute Gasteiger partial charge is 0.350 e. The van der Waals surface area contributed by atoms with Gasteiger partial charge >= 0.3 is 5.97 Å². The minimum Gasteiger partial charge on any atom is -0.466 e. The maximum absolute atomic E-state index is 11.7. The van der Waals surface area contributed by atoms with Gasteiger partial charge in [-0.1, -0.05) is 5.16 Å². The van der Waals surface area contributed by atoms with E-state index in [2.05, 4.69) is 5.16 Å². The predicted octanol–water partition coefficient (Wildman–Crippen LogP) is 0.701. The molecule has 140 valence electrons. The van der Waals surface area contributed by atoms with Crippen LogP contribution >= 0.6 is 0 Å². The zero-order valence-corrected chi connectivity index (χ0v) is 14.9. The van der Waals surface area contributed by atoms with Gasteiger partial charge in [0, 0.05) is 6.42 Å². The van der Waals surface area contributed by atoms with Crippen molar-refractivity contribution in [2.75, 3.05) is 7.11 Å². The van der Waals surface area contributed by atoms with E-state index in [-0.39, 0.29) is 12.5 Å². The van der Waals surface area contributed by atoms with Crippen molar-refractivity contribution in [1.82, 2.24) is 0 Å². The van der Waals surface area contributed by atoms with Gasteiger partial charge in [-0.25, -0.2) is 4.79 Å². The van der Waals surface area contributed by atoms with Gasteiger partial charge in [0.1, 0.15) is 24.4 Å².